The largest absolute Gasteiger partial charge is 0.491 e. The van der Waals surface area contributed by atoms with Gasteiger partial charge in [0.05, 0.1) is 19.4 Å². The minimum atomic E-state index is -1.19. The molecule has 7 heteroatoms. The minimum Gasteiger partial charge on any atom is -0.491 e. The van der Waals surface area contributed by atoms with Crippen LogP contribution in [0.15, 0.2) is 17.1 Å². The van der Waals surface area contributed by atoms with Crippen LogP contribution in [-0.4, -0.2) is 51.9 Å². The van der Waals surface area contributed by atoms with Crippen LogP contribution in [0.3, 0.4) is 0 Å². The summed E-state index contributed by atoms with van der Waals surface area (Å²) in [6.07, 6.45) is -2.64. The van der Waals surface area contributed by atoms with E-state index in [9.17, 15) is 15.0 Å². The van der Waals surface area contributed by atoms with Gasteiger partial charge in [-0.05, 0) is 6.92 Å². The average molecular weight is 271 g/mol. The van der Waals surface area contributed by atoms with Gasteiger partial charge in [-0.1, -0.05) is 0 Å². The van der Waals surface area contributed by atoms with E-state index in [2.05, 4.69) is 0 Å². The third-order valence-corrected chi connectivity index (χ3v) is 3.32. The van der Waals surface area contributed by atoms with E-state index < -0.39 is 31.1 Å². The van der Waals surface area contributed by atoms with Crippen LogP contribution in [0.2, 0.25) is 0 Å². The molecule has 19 heavy (non-hydrogen) atoms. The van der Waals surface area contributed by atoms with Gasteiger partial charge >= 0.3 is 0 Å². The molecule has 3 N–H and O–H groups in total. The first-order valence-electron chi connectivity index (χ1n) is 5.89. The first-order valence-corrected chi connectivity index (χ1v) is 5.89. The van der Waals surface area contributed by atoms with Crippen molar-refractivity contribution in [1.29, 1.82) is 0 Å². The Morgan fingerprint density at radius 2 is 2.11 bits per heavy atom. The zero-order valence-corrected chi connectivity index (χ0v) is 10.7. The molecule has 1 aromatic rings. The number of aliphatic hydroxyl groups excluding tert-OH is 3. The number of aliphatic hydroxyl groups is 3. The van der Waals surface area contributed by atoms with Gasteiger partial charge in [0, 0.05) is 12.3 Å². The molecule has 1 saturated heterocycles. The van der Waals surface area contributed by atoms with Gasteiger partial charge in [-0.3, -0.25) is 4.79 Å². The summed E-state index contributed by atoms with van der Waals surface area (Å²) < 4.78 is 11.9. The fourth-order valence-electron chi connectivity index (χ4n) is 2.26. The summed E-state index contributed by atoms with van der Waals surface area (Å²) in [6, 6.07) is 1.29. The molecule has 1 fully saturated rings. The lowest BCUT2D eigenvalue weighted by Gasteiger charge is -2.22. The molecule has 106 valence electrons. The predicted octanol–water partition coefficient (Wildman–Crippen LogP) is -1.22. The Labute approximate surface area is 109 Å². The van der Waals surface area contributed by atoms with Crippen LogP contribution in [0.4, 0.5) is 0 Å². The number of aromatic nitrogens is 1. The Balaban J connectivity index is 2.41. The van der Waals surface area contributed by atoms with Crippen LogP contribution < -0.4 is 10.2 Å². The lowest BCUT2D eigenvalue weighted by molar-refractivity contribution is -0.0541. The highest BCUT2D eigenvalue weighted by atomic mass is 16.6. The van der Waals surface area contributed by atoms with E-state index in [0.29, 0.717) is 5.69 Å². The molecule has 0 bridgehead atoms. The molecule has 2 heterocycles. The molecular formula is C12H17NO6. The van der Waals surface area contributed by atoms with Crippen molar-refractivity contribution in [2.45, 2.75) is 31.5 Å². The Morgan fingerprint density at radius 3 is 2.63 bits per heavy atom. The highest BCUT2D eigenvalue weighted by Crippen LogP contribution is 2.31. The third kappa shape index (κ3) is 2.25. The second-order valence-corrected chi connectivity index (χ2v) is 4.43. The molecule has 2 rings (SSSR count). The molecule has 0 aromatic carbocycles. The number of hydrogen-bond donors (Lipinski definition) is 3. The van der Waals surface area contributed by atoms with Gasteiger partial charge in [-0.2, -0.15) is 0 Å². The van der Waals surface area contributed by atoms with E-state index in [4.69, 9.17) is 14.6 Å². The second kappa shape index (κ2) is 5.30. The van der Waals surface area contributed by atoms with Gasteiger partial charge in [-0.15, -0.1) is 0 Å². The Hall–Kier alpha value is -1.41. The smallest absolute Gasteiger partial charge is 0.223 e. The Bertz CT molecular complexity index is 513. The third-order valence-electron chi connectivity index (χ3n) is 3.32. The summed E-state index contributed by atoms with van der Waals surface area (Å²) in [7, 11) is 1.38. The van der Waals surface area contributed by atoms with Gasteiger partial charge in [0.15, 0.2) is 12.0 Å². The monoisotopic (exact) mass is 271 g/mol. The van der Waals surface area contributed by atoms with Gasteiger partial charge < -0.3 is 29.4 Å². The topological polar surface area (TPSA) is 101 Å². The maximum absolute atomic E-state index is 11.6. The van der Waals surface area contributed by atoms with Gasteiger partial charge in [-0.25, -0.2) is 0 Å². The van der Waals surface area contributed by atoms with E-state index in [1.165, 1.54) is 23.9 Å². The molecule has 4 atom stereocenters. The maximum atomic E-state index is 11.6. The van der Waals surface area contributed by atoms with Crippen molar-refractivity contribution in [2.24, 2.45) is 0 Å². The molecule has 1 aliphatic heterocycles. The van der Waals surface area contributed by atoms with Crippen molar-refractivity contribution >= 4 is 0 Å². The zero-order valence-electron chi connectivity index (χ0n) is 10.7. The molecule has 0 radical (unpaired) electrons. The number of pyridine rings is 1. The van der Waals surface area contributed by atoms with Crippen LogP contribution >= 0.6 is 0 Å². The molecule has 1 aliphatic rings. The molecule has 1 unspecified atom stereocenters. The van der Waals surface area contributed by atoms with Crippen LogP contribution in [0.1, 0.15) is 11.9 Å². The molecule has 1 aromatic heterocycles. The van der Waals surface area contributed by atoms with Crippen molar-refractivity contribution in [3.05, 3.63) is 28.2 Å². The fraction of sp³-hybridized carbons (Fsp3) is 0.583. The average Bonchev–Trinajstić information content (AvgIpc) is 2.67. The van der Waals surface area contributed by atoms with Crippen molar-refractivity contribution in [1.82, 2.24) is 4.57 Å². The Kier molecular flexibility index (Phi) is 3.91. The van der Waals surface area contributed by atoms with E-state index in [1.807, 2.05) is 0 Å². The standard InChI is InChI=1S/C12H17NO6/c1-6-11(18-2)7(15)3-4-13(6)12-10(17)9(16)8(5-14)19-12/h3-4,8-10,12,14,16-17H,5H2,1-2H3/t8-,9-,10-,12?/m1/s1. The maximum Gasteiger partial charge on any atom is 0.223 e. The quantitative estimate of drug-likeness (QED) is 0.637. The molecule has 0 saturated carbocycles. The summed E-state index contributed by atoms with van der Waals surface area (Å²) >= 11 is 0. The van der Waals surface area contributed by atoms with Crippen LogP contribution in [0.5, 0.6) is 5.75 Å². The first-order chi connectivity index (χ1) is 9.01. The van der Waals surface area contributed by atoms with Crippen molar-refractivity contribution in [2.75, 3.05) is 13.7 Å². The number of methoxy groups -OCH3 is 1. The van der Waals surface area contributed by atoms with Crippen LogP contribution in [0, 0.1) is 6.92 Å². The first kappa shape index (κ1) is 14.0. The van der Waals surface area contributed by atoms with E-state index in [0.717, 1.165) is 0 Å². The zero-order chi connectivity index (χ0) is 14.2. The molecular weight excluding hydrogens is 254 g/mol. The molecule has 0 spiro atoms. The number of ether oxygens (including phenoxy) is 2. The summed E-state index contributed by atoms with van der Waals surface area (Å²) in [5, 5.41) is 28.7. The SMILES string of the molecule is COc1c(C)n(C2O[C@H](CO)[C@@H](O)[C@H]2O)ccc1=O. The summed E-state index contributed by atoms with van der Waals surface area (Å²) in [5.74, 6) is 0.153. The highest BCUT2D eigenvalue weighted by Gasteiger charge is 2.43. The Morgan fingerprint density at radius 1 is 1.42 bits per heavy atom. The molecule has 7 nitrogen and oxygen atoms in total. The van der Waals surface area contributed by atoms with E-state index in [1.54, 1.807) is 6.92 Å². The van der Waals surface area contributed by atoms with Gasteiger partial charge in [0.1, 0.15) is 18.3 Å². The van der Waals surface area contributed by atoms with Crippen molar-refractivity contribution in [3.63, 3.8) is 0 Å². The summed E-state index contributed by atoms with van der Waals surface area (Å²) in [5.41, 5.74) is 0.202. The normalized spacial score (nSPS) is 30.6. The number of rotatable bonds is 3. The van der Waals surface area contributed by atoms with Crippen LogP contribution in [0.25, 0.3) is 0 Å². The van der Waals surface area contributed by atoms with E-state index in [-0.39, 0.29) is 11.2 Å². The molecule has 0 aliphatic carbocycles. The predicted molar refractivity (Wildman–Crippen MR) is 65.0 cm³/mol. The summed E-state index contributed by atoms with van der Waals surface area (Å²) in [4.78, 5) is 11.6. The minimum absolute atomic E-state index is 0.153. The van der Waals surface area contributed by atoms with Gasteiger partial charge in [0.2, 0.25) is 5.43 Å². The van der Waals surface area contributed by atoms with Crippen molar-refractivity contribution in [3.8, 4) is 5.75 Å². The molecule has 0 amide bonds. The lowest BCUT2D eigenvalue weighted by Crippen LogP contribution is -2.33. The number of hydrogen-bond acceptors (Lipinski definition) is 6. The van der Waals surface area contributed by atoms with Crippen LogP contribution in [-0.2, 0) is 4.74 Å². The highest BCUT2D eigenvalue weighted by molar-refractivity contribution is 5.27. The number of nitrogens with zero attached hydrogens (tertiary/aromatic N) is 1. The van der Waals surface area contributed by atoms with Crippen molar-refractivity contribution < 1.29 is 24.8 Å². The second-order valence-electron chi connectivity index (χ2n) is 4.43. The summed E-state index contributed by atoms with van der Waals surface area (Å²) in [6.45, 7) is 1.25. The van der Waals surface area contributed by atoms with Gasteiger partial charge in [0.25, 0.3) is 0 Å². The fourth-order valence-corrected chi connectivity index (χ4v) is 2.26. The van der Waals surface area contributed by atoms with E-state index >= 15 is 0 Å². The lowest BCUT2D eigenvalue weighted by atomic mass is 10.1.